The molecule has 1 aromatic heterocycles. The summed E-state index contributed by atoms with van der Waals surface area (Å²) in [4.78, 5) is 23.3. The van der Waals surface area contributed by atoms with Gasteiger partial charge in [-0.3, -0.25) is 5.43 Å². The number of aromatic nitrogens is 2. The van der Waals surface area contributed by atoms with Crippen LogP contribution in [-0.2, 0) is 9.53 Å². The number of anilines is 1. The maximum Gasteiger partial charge on any atom is 0.347 e. The maximum atomic E-state index is 11.8. The summed E-state index contributed by atoms with van der Waals surface area (Å²) in [6, 6.07) is 13.8. The normalized spacial score (nSPS) is 16.0. The SMILES string of the molecule is CCOC(=O)C(C)Oc1cccc(-c2ccc3nc(NN4CCN(C)CC4)ncc3c2)c1. The van der Waals surface area contributed by atoms with Crippen molar-refractivity contribution in [1.29, 1.82) is 0 Å². The molecule has 0 saturated carbocycles. The fraction of sp³-hybridized carbons (Fsp3) is 0.375. The monoisotopic (exact) mass is 435 g/mol. The van der Waals surface area contributed by atoms with E-state index in [0.717, 1.165) is 48.2 Å². The summed E-state index contributed by atoms with van der Waals surface area (Å²) in [5.41, 5.74) is 6.20. The van der Waals surface area contributed by atoms with Gasteiger partial charge in [0.05, 0.1) is 12.1 Å². The van der Waals surface area contributed by atoms with E-state index in [1.807, 2.05) is 42.6 Å². The first kappa shape index (κ1) is 22.0. The number of hydrogen-bond donors (Lipinski definition) is 1. The second kappa shape index (κ2) is 9.93. The lowest BCUT2D eigenvalue weighted by atomic mass is 10.0. The number of carbonyl (C=O) groups is 1. The summed E-state index contributed by atoms with van der Waals surface area (Å²) < 4.78 is 10.8. The molecule has 1 saturated heterocycles. The molecule has 0 aliphatic carbocycles. The van der Waals surface area contributed by atoms with Gasteiger partial charge in [0.25, 0.3) is 0 Å². The highest BCUT2D eigenvalue weighted by atomic mass is 16.6. The number of rotatable bonds is 7. The van der Waals surface area contributed by atoms with Gasteiger partial charge in [-0.15, -0.1) is 0 Å². The maximum absolute atomic E-state index is 11.8. The molecule has 1 unspecified atom stereocenters. The van der Waals surface area contributed by atoms with E-state index >= 15 is 0 Å². The van der Waals surface area contributed by atoms with Gasteiger partial charge >= 0.3 is 5.97 Å². The number of nitrogens with zero attached hydrogens (tertiary/aromatic N) is 4. The van der Waals surface area contributed by atoms with Crippen LogP contribution in [0.5, 0.6) is 5.75 Å². The van der Waals surface area contributed by atoms with Gasteiger partial charge in [0, 0.05) is 37.8 Å². The highest BCUT2D eigenvalue weighted by Crippen LogP contribution is 2.27. The van der Waals surface area contributed by atoms with Crippen LogP contribution < -0.4 is 10.2 Å². The molecule has 32 heavy (non-hydrogen) atoms. The first-order valence-corrected chi connectivity index (χ1v) is 10.9. The van der Waals surface area contributed by atoms with E-state index in [0.29, 0.717) is 18.3 Å². The van der Waals surface area contributed by atoms with Gasteiger partial charge in [0.2, 0.25) is 5.95 Å². The zero-order chi connectivity index (χ0) is 22.5. The predicted octanol–water partition coefficient (Wildman–Crippen LogP) is 3.20. The Morgan fingerprint density at radius 3 is 2.69 bits per heavy atom. The number of esters is 1. The number of fused-ring (bicyclic) bond motifs is 1. The summed E-state index contributed by atoms with van der Waals surface area (Å²) in [7, 11) is 2.13. The molecule has 1 aliphatic rings. The average Bonchev–Trinajstić information content (AvgIpc) is 2.80. The number of hydrazine groups is 1. The lowest BCUT2D eigenvalue weighted by Crippen LogP contribution is -2.47. The van der Waals surface area contributed by atoms with Crippen molar-refractivity contribution >= 4 is 22.8 Å². The van der Waals surface area contributed by atoms with Crippen LogP contribution in [0.3, 0.4) is 0 Å². The van der Waals surface area contributed by atoms with Crippen molar-refractivity contribution in [3.8, 4) is 16.9 Å². The van der Waals surface area contributed by atoms with Gasteiger partial charge in [0.1, 0.15) is 5.75 Å². The molecular weight excluding hydrogens is 406 g/mol. The third-order valence-corrected chi connectivity index (χ3v) is 5.44. The highest BCUT2D eigenvalue weighted by molar-refractivity contribution is 5.84. The van der Waals surface area contributed by atoms with Crippen LogP contribution in [0.25, 0.3) is 22.0 Å². The summed E-state index contributed by atoms with van der Waals surface area (Å²) in [6.07, 6.45) is 1.18. The molecule has 0 spiro atoms. The van der Waals surface area contributed by atoms with Crippen molar-refractivity contribution in [3.05, 3.63) is 48.7 Å². The third-order valence-electron chi connectivity index (χ3n) is 5.44. The van der Waals surface area contributed by atoms with E-state index in [1.54, 1.807) is 13.8 Å². The minimum absolute atomic E-state index is 0.332. The standard InChI is InChI=1S/C24H29N5O3/c1-4-31-23(30)17(2)32-21-7-5-6-18(15-21)19-8-9-22-20(14-19)16-25-24(26-22)27-29-12-10-28(3)11-13-29/h5-9,14-17H,4,10-13H2,1-3H3,(H,25,26,27). The summed E-state index contributed by atoms with van der Waals surface area (Å²) in [5.74, 6) is 0.853. The van der Waals surface area contributed by atoms with Crippen LogP contribution in [0.4, 0.5) is 5.95 Å². The Morgan fingerprint density at radius 2 is 1.91 bits per heavy atom. The molecule has 1 aliphatic heterocycles. The highest BCUT2D eigenvalue weighted by Gasteiger charge is 2.16. The Bertz CT molecular complexity index is 1080. The second-order valence-corrected chi connectivity index (χ2v) is 7.91. The third kappa shape index (κ3) is 5.33. The topological polar surface area (TPSA) is 79.8 Å². The number of ether oxygens (including phenoxy) is 2. The van der Waals surface area contributed by atoms with Crippen molar-refractivity contribution < 1.29 is 14.3 Å². The molecule has 4 rings (SSSR count). The molecule has 1 atom stereocenters. The molecule has 1 fully saturated rings. The Labute approximate surface area is 188 Å². The number of benzene rings is 2. The second-order valence-electron chi connectivity index (χ2n) is 7.91. The van der Waals surface area contributed by atoms with Crippen molar-refractivity contribution in [3.63, 3.8) is 0 Å². The van der Waals surface area contributed by atoms with Crippen molar-refractivity contribution in [2.45, 2.75) is 20.0 Å². The summed E-state index contributed by atoms with van der Waals surface area (Å²) in [6.45, 7) is 7.70. The first-order chi connectivity index (χ1) is 15.5. The molecular formula is C24H29N5O3. The van der Waals surface area contributed by atoms with Crippen LogP contribution in [0, 0.1) is 0 Å². The lowest BCUT2D eigenvalue weighted by Gasteiger charge is -2.32. The molecule has 1 N–H and O–H groups in total. The van der Waals surface area contributed by atoms with E-state index in [4.69, 9.17) is 9.47 Å². The van der Waals surface area contributed by atoms with Crippen LogP contribution >= 0.6 is 0 Å². The summed E-state index contributed by atoms with van der Waals surface area (Å²) >= 11 is 0. The van der Waals surface area contributed by atoms with Crippen LogP contribution in [-0.4, -0.2) is 71.8 Å². The lowest BCUT2D eigenvalue weighted by molar-refractivity contribution is -0.150. The van der Waals surface area contributed by atoms with Crippen LogP contribution in [0.1, 0.15) is 13.8 Å². The fourth-order valence-corrected chi connectivity index (χ4v) is 3.59. The minimum atomic E-state index is -0.665. The van der Waals surface area contributed by atoms with Crippen molar-refractivity contribution in [1.82, 2.24) is 19.9 Å². The van der Waals surface area contributed by atoms with E-state index in [1.165, 1.54) is 0 Å². The largest absolute Gasteiger partial charge is 0.479 e. The number of hydrogen-bond acceptors (Lipinski definition) is 8. The summed E-state index contributed by atoms with van der Waals surface area (Å²) in [5, 5.41) is 3.11. The van der Waals surface area contributed by atoms with E-state index in [2.05, 4.69) is 38.4 Å². The Hall–Kier alpha value is -3.23. The Balaban J connectivity index is 1.48. The molecule has 168 valence electrons. The zero-order valence-corrected chi connectivity index (χ0v) is 18.7. The van der Waals surface area contributed by atoms with Gasteiger partial charge in [-0.1, -0.05) is 18.2 Å². The minimum Gasteiger partial charge on any atom is -0.479 e. The molecule has 2 aromatic carbocycles. The van der Waals surface area contributed by atoms with E-state index in [9.17, 15) is 4.79 Å². The predicted molar refractivity (Wildman–Crippen MR) is 124 cm³/mol. The first-order valence-electron chi connectivity index (χ1n) is 10.9. The molecule has 0 amide bonds. The van der Waals surface area contributed by atoms with Crippen LogP contribution in [0.15, 0.2) is 48.7 Å². The number of piperazine rings is 1. The zero-order valence-electron chi connectivity index (χ0n) is 18.7. The fourth-order valence-electron chi connectivity index (χ4n) is 3.59. The Morgan fingerprint density at radius 1 is 1.12 bits per heavy atom. The Kier molecular flexibility index (Phi) is 6.82. The van der Waals surface area contributed by atoms with E-state index in [-0.39, 0.29) is 5.97 Å². The number of carbonyl (C=O) groups excluding carboxylic acids is 1. The van der Waals surface area contributed by atoms with Crippen LogP contribution in [0.2, 0.25) is 0 Å². The smallest absolute Gasteiger partial charge is 0.347 e. The number of nitrogens with one attached hydrogen (secondary N) is 1. The molecule has 8 nitrogen and oxygen atoms in total. The molecule has 8 heteroatoms. The molecule has 0 bridgehead atoms. The van der Waals surface area contributed by atoms with Gasteiger partial charge in [0.15, 0.2) is 6.10 Å². The molecule has 2 heterocycles. The molecule has 0 radical (unpaired) electrons. The number of likely N-dealkylation sites (N-methyl/N-ethyl adjacent to an activating group) is 1. The van der Waals surface area contributed by atoms with Gasteiger partial charge in [-0.2, -0.15) is 0 Å². The van der Waals surface area contributed by atoms with Crippen molar-refractivity contribution in [2.24, 2.45) is 0 Å². The molecule has 3 aromatic rings. The van der Waals surface area contributed by atoms with Gasteiger partial charge in [-0.25, -0.2) is 19.8 Å². The quantitative estimate of drug-likeness (QED) is 0.567. The van der Waals surface area contributed by atoms with Gasteiger partial charge in [-0.05, 0) is 56.3 Å². The average molecular weight is 436 g/mol. The van der Waals surface area contributed by atoms with Crippen molar-refractivity contribution in [2.75, 3.05) is 45.3 Å². The van der Waals surface area contributed by atoms with Gasteiger partial charge < -0.3 is 14.4 Å². The van der Waals surface area contributed by atoms with E-state index < -0.39 is 6.10 Å².